The van der Waals surface area contributed by atoms with Gasteiger partial charge < -0.3 is 15.1 Å². The van der Waals surface area contributed by atoms with E-state index in [-0.39, 0.29) is 11.8 Å². The van der Waals surface area contributed by atoms with E-state index in [2.05, 4.69) is 32.2 Å². The van der Waals surface area contributed by atoms with Crippen LogP contribution in [0, 0.1) is 5.92 Å². The van der Waals surface area contributed by atoms with E-state index in [9.17, 15) is 9.59 Å². The average molecular weight is 442 g/mol. The smallest absolute Gasteiger partial charge is 0.239 e. The van der Waals surface area contributed by atoms with E-state index in [4.69, 9.17) is 0 Å². The lowest BCUT2D eigenvalue weighted by Crippen LogP contribution is -2.33. The molecule has 0 aliphatic carbocycles. The fourth-order valence-corrected chi connectivity index (χ4v) is 4.37. The molecule has 0 saturated carbocycles. The molecule has 0 aromatic heterocycles. The Labute approximate surface area is 173 Å². The van der Waals surface area contributed by atoms with Crippen molar-refractivity contribution in [3.8, 4) is 0 Å². The number of amides is 2. The molecule has 0 bridgehead atoms. The Balaban J connectivity index is 1.43. The second-order valence-corrected chi connectivity index (χ2v) is 8.31. The van der Waals surface area contributed by atoms with E-state index in [1.165, 1.54) is 19.3 Å². The molecule has 1 atom stereocenters. The quantitative estimate of drug-likeness (QED) is 0.713. The van der Waals surface area contributed by atoms with Gasteiger partial charge in [0.15, 0.2) is 0 Å². The summed E-state index contributed by atoms with van der Waals surface area (Å²) in [6.07, 6.45) is 4.23. The first-order valence-electron chi connectivity index (χ1n) is 9.85. The number of nitrogens with one attached hydrogen (secondary N) is 1. The number of nitrogens with zero attached hydrogens (tertiary/aromatic N) is 2. The van der Waals surface area contributed by atoms with E-state index >= 15 is 0 Å². The van der Waals surface area contributed by atoms with Crippen molar-refractivity contribution in [3.63, 3.8) is 0 Å². The highest BCUT2D eigenvalue weighted by molar-refractivity contribution is 9.10. The topological polar surface area (TPSA) is 52.7 Å². The number of piperidine rings is 1. The van der Waals surface area contributed by atoms with Crippen LogP contribution in [0.2, 0.25) is 0 Å². The second-order valence-electron chi connectivity index (χ2n) is 7.40. The van der Waals surface area contributed by atoms with Gasteiger partial charge in [-0.15, -0.1) is 0 Å². The van der Waals surface area contributed by atoms with Gasteiger partial charge in [-0.1, -0.05) is 28.1 Å². The number of rotatable bonds is 4. The molecule has 1 N–H and O–H groups in total. The van der Waals surface area contributed by atoms with Crippen LogP contribution in [-0.2, 0) is 9.59 Å². The first-order valence-corrected chi connectivity index (χ1v) is 10.6. The fraction of sp³-hybridized carbons (Fsp3) is 0.364. The van der Waals surface area contributed by atoms with Gasteiger partial charge in [-0.25, -0.2) is 0 Å². The molecule has 2 aromatic rings. The molecule has 2 aliphatic heterocycles. The molecule has 0 radical (unpaired) electrons. The molecule has 0 spiro atoms. The number of halogens is 1. The predicted octanol–water partition coefficient (Wildman–Crippen LogP) is 4.43. The zero-order valence-electron chi connectivity index (χ0n) is 15.7. The minimum absolute atomic E-state index is 0.136. The molecular weight excluding hydrogens is 418 g/mol. The Morgan fingerprint density at radius 1 is 0.964 bits per heavy atom. The average Bonchev–Trinajstić information content (AvgIpc) is 3.10. The number of carbonyl (C=O) groups is 2. The second kappa shape index (κ2) is 8.35. The third kappa shape index (κ3) is 4.07. The van der Waals surface area contributed by atoms with Crippen LogP contribution in [0.4, 0.5) is 17.1 Å². The molecule has 5 nitrogen and oxygen atoms in total. The molecular formula is C22H24BrN3O2. The maximum Gasteiger partial charge on any atom is 0.239 e. The van der Waals surface area contributed by atoms with Gasteiger partial charge in [0.1, 0.15) is 5.92 Å². The Kier molecular flexibility index (Phi) is 5.67. The summed E-state index contributed by atoms with van der Waals surface area (Å²) in [6, 6.07) is 15.5. The zero-order valence-corrected chi connectivity index (χ0v) is 17.3. The van der Waals surface area contributed by atoms with Gasteiger partial charge >= 0.3 is 0 Å². The summed E-state index contributed by atoms with van der Waals surface area (Å²) in [7, 11) is 0. The monoisotopic (exact) mass is 441 g/mol. The van der Waals surface area contributed by atoms with Crippen molar-refractivity contribution in [3.05, 3.63) is 53.0 Å². The number of hydrogen-bond donors (Lipinski definition) is 1. The lowest BCUT2D eigenvalue weighted by Gasteiger charge is -2.29. The van der Waals surface area contributed by atoms with Crippen LogP contribution in [0.15, 0.2) is 53.0 Å². The summed E-state index contributed by atoms with van der Waals surface area (Å²) in [4.78, 5) is 29.6. The third-order valence-electron chi connectivity index (χ3n) is 5.48. The molecule has 146 valence electrons. The highest BCUT2D eigenvalue weighted by atomic mass is 79.9. The fourth-order valence-electron chi connectivity index (χ4n) is 3.99. The minimum Gasteiger partial charge on any atom is -0.371 e. The van der Waals surface area contributed by atoms with E-state index in [1.807, 2.05) is 42.5 Å². The van der Waals surface area contributed by atoms with E-state index in [0.29, 0.717) is 13.0 Å². The Bertz CT molecular complexity index is 880. The van der Waals surface area contributed by atoms with Crippen molar-refractivity contribution in [2.45, 2.75) is 25.7 Å². The molecule has 2 aliphatic rings. The number of hydrogen-bond acceptors (Lipinski definition) is 3. The van der Waals surface area contributed by atoms with Crippen molar-refractivity contribution in [1.82, 2.24) is 0 Å². The van der Waals surface area contributed by atoms with E-state index in [1.54, 1.807) is 4.90 Å². The van der Waals surface area contributed by atoms with Gasteiger partial charge in [0, 0.05) is 41.2 Å². The highest BCUT2D eigenvalue weighted by Gasteiger charge is 2.37. The molecule has 1 unspecified atom stereocenters. The molecule has 6 heteroatoms. The highest BCUT2D eigenvalue weighted by Crippen LogP contribution is 2.29. The van der Waals surface area contributed by atoms with Gasteiger partial charge in [-0.3, -0.25) is 9.59 Å². The van der Waals surface area contributed by atoms with Crippen LogP contribution < -0.4 is 15.1 Å². The Morgan fingerprint density at radius 3 is 2.50 bits per heavy atom. The maximum absolute atomic E-state index is 12.8. The van der Waals surface area contributed by atoms with Crippen LogP contribution in [0.1, 0.15) is 25.7 Å². The number of anilines is 3. The summed E-state index contributed by atoms with van der Waals surface area (Å²) in [5, 5.41) is 2.95. The Hall–Kier alpha value is -2.34. The number of carbonyl (C=O) groups excluding carboxylic acids is 2. The molecule has 2 aromatic carbocycles. The van der Waals surface area contributed by atoms with Crippen molar-refractivity contribution >= 4 is 44.8 Å². The summed E-state index contributed by atoms with van der Waals surface area (Å²) < 4.78 is 0.917. The first kappa shape index (κ1) is 19.0. The van der Waals surface area contributed by atoms with Gasteiger partial charge in [0.05, 0.1) is 0 Å². The first-order chi connectivity index (χ1) is 13.6. The van der Waals surface area contributed by atoms with Crippen LogP contribution in [-0.4, -0.2) is 31.4 Å². The standard InChI is InChI=1S/C22H24BrN3O2/c23-16-6-4-9-19(14-16)26-13-10-20(22(26)28)21(27)24-17-7-5-8-18(15-17)25-11-2-1-3-12-25/h4-9,14-15,20H,1-3,10-13H2,(H,24,27). The van der Waals surface area contributed by atoms with Crippen molar-refractivity contribution in [2.24, 2.45) is 5.92 Å². The van der Waals surface area contributed by atoms with Crippen LogP contribution in [0.3, 0.4) is 0 Å². The lowest BCUT2D eigenvalue weighted by molar-refractivity contribution is -0.129. The van der Waals surface area contributed by atoms with Crippen LogP contribution >= 0.6 is 15.9 Å². The Morgan fingerprint density at radius 2 is 1.71 bits per heavy atom. The third-order valence-corrected chi connectivity index (χ3v) is 5.97. The summed E-state index contributed by atoms with van der Waals surface area (Å²) in [5.74, 6) is -1.00. The lowest BCUT2D eigenvalue weighted by atomic mass is 10.1. The predicted molar refractivity (Wildman–Crippen MR) is 116 cm³/mol. The molecule has 2 heterocycles. The zero-order chi connectivity index (χ0) is 19.5. The van der Waals surface area contributed by atoms with Crippen molar-refractivity contribution < 1.29 is 9.59 Å². The van der Waals surface area contributed by atoms with Crippen molar-refractivity contribution in [2.75, 3.05) is 34.8 Å². The maximum atomic E-state index is 12.8. The summed E-state index contributed by atoms with van der Waals surface area (Å²) in [6.45, 7) is 2.67. The van der Waals surface area contributed by atoms with Gasteiger partial charge in [-0.2, -0.15) is 0 Å². The van der Waals surface area contributed by atoms with Gasteiger partial charge in [-0.05, 0) is 62.1 Å². The van der Waals surface area contributed by atoms with Gasteiger partial charge in [0.25, 0.3) is 0 Å². The minimum atomic E-state index is -0.641. The summed E-state index contributed by atoms with van der Waals surface area (Å²) >= 11 is 3.44. The molecule has 2 amide bonds. The van der Waals surface area contributed by atoms with E-state index in [0.717, 1.165) is 34.6 Å². The van der Waals surface area contributed by atoms with Gasteiger partial charge in [0.2, 0.25) is 11.8 Å². The molecule has 4 rings (SSSR count). The molecule has 2 saturated heterocycles. The van der Waals surface area contributed by atoms with Crippen LogP contribution in [0.25, 0.3) is 0 Å². The molecule has 2 fully saturated rings. The van der Waals surface area contributed by atoms with Crippen LogP contribution in [0.5, 0.6) is 0 Å². The largest absolute Gasteiger partial charge is 0.371 e. The SMILES string of the molecule is O=C(Nc1cccc(N2CCCCC2)c1)C1CCN(c2cccc(Br)c2)C1=O. The summed E-state index contributed by atoms with van der Waals surface area (Å²) in [5.41, 5.74) is 2.70. The normalized spacial score (nSPS) is 19.8. The number of benzene rings is 2. The van der Waals surface area contributed by atoms with E-state index < -0.39 is 5.92 Å². The molecule has 28 heavy (non-hydrogen) atoms. The van der Waals surface area contributed by atoms with Crippen molar-refractivity contribution in [1.29, 1.82) is 0 Å².